The number of hydrogen-bond donors (Lipinski definition) is 1. The molecular formula is C20H25F2NO7. The molecule has 30 heavy (non-hydrogen) atoms. The molecule has 0 saturated carbocycles. The van der Waals surface area contributed by atoms with Crippen LogP contribution in [0.1, 0.15) is 25.8 Å². The van der Waals surface area contributed by atoms with E-state index in [0.717, 1.165) is 0 Å². The quantitative estimate of drug-likeness (QED) is 0.635. The topological polar surface area (TPSA) is 92.3 Å². The highest BCUT2D eigenvalue weighted by molar-refractivity contribution is 5.77. The van der Waals surface area contributed by atoms with E-state index >= 15 is 0 Å². The molecule has 8 nitrogen and oxygen atoms in total. The van der Waals surface area contributed by atoms with Crippen molar-refractivity contribution < 1.29 is 42.1 Å². The number of amides is 1. The highest BCUT2D eigenvalue weighted by atomic mass is 19.3. The van der Waals surface area contributed by atoms with E-state index in [4.69, 9.17) is 18.9 Å². The van der Waals surface area contributed by atoms with Crippen molar-refractivity contribution in [3.63, 3.8) is 0 Å². The highest BCUT2D eigenvalue weighted by Gasteiger charge is 2.59. The number of carbonyl (C=O) groups is 2. The maximum Gasteiger partial charge on any atom is 0.407 e. The van der Waals surface area contributed by atoms with Gasteiger partial charge in [-0.1, -0.05) is 37.3 Å². The standard InChI is InChI=1S/C20H25F2NO7/c1-3-26-16(24)19(21,22)9-15(20-28-11-18(2,12-29-20)13-30-20)23-17(25)27-10-14-7-5-4-6-8-14/h4-8,15H,3,9-13H2,1-2H3,(H,23,25)/t15-,18?,20?/m0/s1. The average Bonchev–Trinajstić information content (AvgIpc) is 2.73. The van der Waals surface area contributed by atoms with Gasteiger partial charge >= 0.3 is 24.0 Å². The smallest absolute Gasteiger partial charge is 0.407 e. The Balaban J connectivity index is 1.72. The van der Waals surface area contributed by atoms with Crippen molar-refractivity contribution in [3.8, 4) is 0 Å². The summed E-state index contributed by atoms with van der Waals surface area (Å²) >= 11 is 0. The number of ether oxygens (including phenoxy) is 5. The fraction of sp³-hybridized carbons (Fsp3) is 0.600. The number of rotatable bonds is 8. The van der Waals surface area contributed by atoms with E-state index in [1.54, 1.807) is 24.3 Å². The fourth-order valence-corrected chi connectivity index (χ4v) is 3.12. The van der Waals surface area contributed by atoms with Crippen molar-refractivity contribution in [1.29, 1.82) is 0 Å². The molecule has 1 N–H and O–H groups in total. The molecule has 10 heteroatoms. The van der Waals surface area contributed by atoms with Crippen LogP contribution >= 0.6 is 0 Å². The fourth-order valence-electron chi connectivity index (χ4n) is 3.12. The Morgan fingerprint density at radius 1 is 1.13 bits per heavy atom. The second kappa shape index (κ2) is 8.83. The van der Waals surface area contributed by atoms with Gasteiger partial charge < -0.3 is 29.0 Å². The Bertz CT molecular complexity index is 734. The first kappa shape index (κ1) is 22.4. The molecule has 0 radical (unpaired) electrons. The molecule has 0 spiro atoms. The first-order valence-electron chi connectivity index (χ1n) is 9.62. The number of nitrogens with one attached hydrogen (secondary N) is 1. The van der Waals surface area contributed by atoms with Crippen LogP contribution in [-0.2, 0) is 35.1 Å². The minimum absolute atomic E-state index is 0.0681. The van der Waals surface area contributed by atoms with Gasteiger partial charge in [-0.3, -0.25) is 0 Å². The second-order valence-corrected chi connectivity index (χ2v) is 7.67. The van der Waals surface area contributed by atoms with Crippen molar-refractivity contribution >= 4 is 12.1 Å². The predicted molar refractivity (Wildman–Crippen MR) is 98.4 cm³/mol. The van der Waals surface area contributed by atoms with Gasteiger partial charge in [-0.25, -0.2) is 9.59 Å². The summed E-state index contributed by atoms with van der Waals surface area (Å²) in [6, 6.07) is 7.32. The average molecular weight is 429 g/mol. The van der Waals surface area contributed by atoms with E-state index < -0.39 is 41.8 Å². The summed E-state index contributed by atoms with van der Waals surface area (Å²) in [6.07, 6.45) is -2.13. The Hall–Kier alpha value is -2.30. The number of alkyl halides is 2. The molecule has 1 aromatic rings. The molecule has 1 aromatic carbocycles. The minimum Gasteiger partial charge on any atom is -0.462 e. The summed E-state index contributed by atoms with van der Waals surface area (Å²) in [4.78, 5) is 24.0. The third kappa shape index (κ3) is 5.05. The van der Waals surface area contributed by atoms with Crippen LogP contribution in [-0.4, -0.2) is 56.4 Å². The Kier molecular flexibility index (Phi) is 6.59. The molecule has 3 aliphatic heterocycles. The van der Waals surface area contributed by atoms with Crippen molar-refractivity contribution in [2.75, 3.05) is 26.4 Å². The van der Waals surface area contributed by atoms with Crippen LogP contribution in [0.3, 0.4) is 0 Å². The van der Waals surface area contributed by atoms with Gasteiger partial charge in [0.1, 0.15) is 12.6 Å². The SMILES string of the molecule is CCOC(=O)C(F)(F)C[C@H](NC(=O)OCc1ccccc1)C12OCC(C)(CO1)CO2. The summed E-state index contributed by atoms with van der Waals surface area (Å²) in [5.41, 5.74) is 0.304. The molecule has 3 heterocycles. The second-order valence-electron chi connectivity index (χ2n) is 7.67. The first-order chi connectivity index (χ1) is 14.2. The minimum atomic E-state index is -3.91. The van der Waals surface area contributed by atoms with Crippen LogP contribution in [0.4, 0.5) is 13.6 Å². The Labute approximate surface area is 172 Å². The van der Waals surface area contributed by atoms with E-state index in [2.05, 4.69) is 10.1 Å². The molecule has 1 amide bonds. The van der Waals surface area contributed by atoms with Crippen molar-refractivity contribution in [2.45, 2.75) is 44.8 Å². The van der Waals surface area contributed by atoms with Crippen LogP contribution in [0.25, 0.3) is 0 Å². The van der Waals surface area contributed by atoms with Gasteiger partial charge in [-0.15, -0.1) is 0 Å². The normalized spacial score (nSPS) is 26.7. The van der Waals surface area contributed by atoms with Crippen LogP contribution in [0.15, 0.2) is 30.3 Å². The molecule has 1 atom stereocenters. The van der Waals surface area contributed by atoms with Gasteiger partial charge in [0.25, 0.3) is 0 Å². The maximum absolute atomic E-state index is 14.5. The largest absolute Gasteiger partial charge is 0.462 e. The monoisotopic (exact) mass is 429 g/mol. The van der Waals surface area contributed by atoms with E-state index in [9.17, 15) is 18.4 Å². The highest BCUT2D eigenvalue weighted by Crippen LogP contribution is 2.42. The summed E-state index contributed by atoms with van der Waals surface area (Å²) < 4.78 is 55.2. The molecule has 3 aliphatic rings. The number of fused-ring (bicyclic) bond motifs is 3. The number of esters is 1. The van der Waals surface area contributed by atoms with Gasteiger partial charge in [0.05, 0.1) is 32.8 Å². The number of halogens is 2. The molecule has 0 aliphatic carbocycles. The van der Waals surface area contributed by atoms with Crippen LogP contribution < -0.4 is 5.32 Å². The van der Waals surface area contributed by atoms with E-state index in [1.807, 2.05) is 13.0 Å². The lowest BCUT2D eigenvalue weighted by Gasteiger charge is -2.53. The van der Waals surface area contributed by atoms with Crippen molar-refractivity contribution in [2.24, 2.45) is 5.41 Å². The molecule has 4 rings (SSSR count). The molecule has 166 valence electrons. The Morgan fingerprint density at radius 2 is 1.73 bits per heavy atom. The third-order valence-electron chi connectivity index (χ3n) is 4.83. The lowest BCUT2D eigenvalue weighted by Crippen LogP contribution is -2.68. The van der Waals surface area contributed by atoms with Gasteiger partial charge in [0.15, 0.2) is 0 Å². The molecule has 3 saturated heterocycles. The van der Waals surface area contributed by atoms with Crippen LogP contribution in [0, 0.1) is 5.41 Å². The maximum atomic E-state index is 14.5. The van der Waals surface area contributed by atoms with Crippen molar-refractivity contribution in [3.05, 3.63) is 35.9 Å². The Morgan fingerprint density at radius 3 is 2.30 bits per heavy atom. The molecule has 2 bridgehead atoms. The lowest BCUT2D eigenvalue weighted by molar-refractivity contribution is -0.475. The zero-order valence-corrected chi connectivity index (χ0v) is 16.8. The third-order valence-corrected chi connectivity index (χ3v) is 4.83. The van der Waals surface area contributed by atoms with Crippen molar-refractivity contribution in [1.82, 2.24) is 5.32 Å². The predicted octanol–water partition coefficient (Wildman–Crippen LogP) is 2.61. The van der Waals surface area contributed by atoms with Gasteiger partial charge in [0.2, 0.25) is 0 Å². The van der Waals surface area contributed by atoms with Gasteiger partial charge in [-0.2, -0.15) is 8.78 Å². The van der Waals surface area contributed by atoms with Crippen LogP contribution in [0.2, 0.25) is 0 Å². The molecule has 3 fully saturated rings. The zero-order valence-electron chi connectivity index (χ0n) is 16.8. The summed E-state index contributed by atoms with van der Waals surface area (Å²) in [5.74, 6) is -7.56. The zero-order chi connectivity index (χ0) is 21.8. The number of hydrogen-bond acceptors (Lipinski definition) is 7. The summed E-state index contributed by atoms with van der Waals surface area (Å²) in [5, 5.41) is 2.32. The van der Waals surface area contributed by atoms with Gasteiger partial charge in [0, 0.05) is 5.41 Å². The molecule has 0 aromatic heterocycles. The van der Waals surface area contributed by atoms with E-state index in [1.165, 1.54) is 6.92 Å². The number of carbonyl (C=O) groups excluding carboxylic acids is 2. The summed E-state index contributed by atoms with van der Waals surface area (Å²) in [7, 11) is 0. The first-order valence-corrected chi connectivity index (χ1v) is 9.62. The number of benzene rings is 1. The lowest BCUT2D eigenvalue weighted by atomic mass is 9.90. The van der Waals surface area contributed by atoms with E-state index in [0.29, 0.717) is 5.56 Å². The number of alkyl carbamates (subject to hydrolysis) is 1. The molecule has 0 unspecified atom stereocenters. The van der Waals surface area contributed by atoms with E-state index in [-0.39, 0.29) is 33.0 Å². The van der Waals surface area contributed by atoms with Crippen LogP contribution in [0.5, 0.6) is 0 Å². The van der Waals surface area contributed by atoms with Gasteiger partial charge in [-0.05, 0) is 12.5 Å². The summed E-state index contributed by atoms with van der Waals surface area (Å²) in [6.45, 7) is 3.57. The molecular weight excluding hydrogens is 404 g/mol.